The monoisotopic (exact) mass is 311 g/mol. The topological polar surface area (TPSA) is 78.9 Å². The predicted octanol–water partition coefficient (Wildman–Crippen LogP) is 3.45. The molecule has 0 radical (unpaired) electrons. The fraction of sp³-hybridized carbons (Fsp3) is 0.533. The van der Waals surface area contributed by atoms with Crippen LogP contribution in [0.5, 0.6) is 0 Å². The van der Waals surface area contributed by atoms with Gasteiger partial charge in [-0.15, -0.1) is 0 Å². The van der Waals surface area contributed by atoms with Gasteiger partial charge < -0.3 is 4.74 Å². The molecule has 0 atom stereocenters. The van der Waals surface area contributed by atoms with E-state index >= 15 is 0 Å². The SMILES string of the molecule is CCCC(CCC)C(=N)n1cc(Cl)c(C(=O)OC)cc1=N. The van der Waals surface area contributed by atoms with Gasteiger partial charge in [0.25, 0.3) is 0 Å². The summed E-state index contributed by atoms with van der Waals surface area (Å²) in [5, 5.41) is 16.5. The van der Waals surface area contributed by atoms with E-state index in [0.717, 1.165) is 25.7 Å². The lowest BCUT2D eigenvalue weighted by Crippen LogP contribution is -2.32. The lowest BCUT2D eigenvalue weighted by Gasteiger charge is -2.19. The van der Waals surface area contributed by atoms with Gasteiger partial charge in [0.1, 0.15) is 11.3 Å². The third-order valence-electron chi connectivity index (χ3n) is 3.37. The number of pyridine rings is 1. The second kappa shape index (κ2) is 7.98. The van der Waals surface area contributed by atoms with Crippen molar-refractivity contribution in [3.63, 3.8) is 0 Å². The Morgan fingerprint density at radius 2 is 1.95 bits per heavy atom. The Bertz CT molecular complexity index is 575. The quantitative estimate of drug-likeness (QED) is 0.479. The molecule has 5 nitrogen and oxygen atoms in total. The van der Waals surface area contributed by atoms with Gasteiger partial charge in [0, 0.05) is 12.1 Å². The molecule has 0 unspecified atom stereocenters. The average molecular weight is 312 g/mol. The number of nitrogens with zero attached hydrogens (tertiary/aromatic N) is 1. The first kappa shape index (κ1) is 17.4. The zero-order valence-corrected chi connectivity index (χ0v) is 13.5. The van der Waals surface area contributed by atoms with E-state index < -0.39 is 5.97 Å². The standard InChI is InChI=1S/C15H22ClN3O2/c1-4-6-10(7-5-2)14(18)19-9-12(16)11(8-13(19)17)15(20)21-3/h8-10,17-18H,4-7H2,1-3H3. The number of esters is 1. The summed E-state index contributed by atoms with van der Waals surface area (Å²) in [5.41, 5.74) is 0.206. The van der Waals surface area contributed by atoms with Crippen LogP contribution in [0.3, 0.4) is 0 Å². The van der Waals surface area contributed by atoms with E-state index in [-0.39, 0.29) is 22.0 Å². The number of carbonyl (C=O) groups is 1. The van der Waals surface area contributed by atoms with Crippen molar-refractivity contribution < 1.29 is 9.53 Å². The molecule has 0 saturated heterocycles. The van der Waals surface area contributed by atoms with E-state index in [4.69, 9.17) is 22.4 Å². The van der Waals surface area contributed by atoms with E-state index in [1.807, 2.05) is 0 Å². The van der Waals surface area contributed by atoms with E-state index in [2.05, 4.69) is 18.6 Å². The fourth-order valence-corrected chi connectivity index (χ4v) is 2.53. The predicted molar refractivity (Wildman–Crippen MR) is 83.1 cm³/mol. The van der Waals surface area contributed by atoms with Crippen molar-refractivity contribution in [3.05, 3.63) is 28.3 Å². The lowest BCUT2D eigenvalue weighted by molar-refractivity contribution is 0.0600. The minimum absolute atomic E-state index is 0.0574. The van der Waals surface area contributed by atoms with Crippen LogP contribution in [0.4, 0.5) is 0 Å². The third kappa shape index (κ3) is 4.17. The van der Waals surface area contributed by atoms with Crippen molar-refractivity contribution in [3.8, 4) is 0 Å². The molecule has 0 saturated carbocycles. The number of methoxy groups -OCH3 is 1. The van der Waals surface area contributed by atoms with Gasteiger partial charge in [-0.2, -0.15) is 0 Å². The molecule has 0 bridgehead atoms. The number of carbonyl (C=O) groups excluding carboxylic acids is 1. The van der Waals surface area contributed by atoms with Crippen LogP contribution in [-0.2, 0) is 4.74 Å². The van der Waals surface area contributed by atoms with Crippen molar-refractivity contribution in [2.75, 3.05) is 7.11 Å². The number of ether oxygens (including phenoxy) is 1. The molecule has 1 heterocycles. The molecule has 0 aliphatic carbocycles. The highest BCUT2D eigenvalue weighted by Crippen LogP contribution is 2.18. The summed E-state index contributed by atoms with van der Waals surface area (Å²) in [7, 11) is 1.27. The summed E-state index contributed by atoms with van der Waals surface area (Å²) in [4.78, 5) is 11.6. The molecule has 1 aromatic heterocycles. The second-order valence-corrected chi connectivity index (χ2v) is 5.35. The molecular formula is C15H22ClN3O2. The molecule has 0 aliphatic rings. The van der Waals surface area contributed by atoms with Gasteiger partial charge in [0.2, 0.25) is 0 Å². The third-order valence-corrected chi connectivity index (χ3v) is 3.67. The van der Waals surface area contributed by atoms with Crippen LogP contribution in [0, 0.1) is 16.7 Å². The molecule has 0 amide bonds. The number of hydrogen-bond donors (Lipinski definition) is 2. The molecule has 1 rings (SSSR count). The summed E-state index contributed by atoms with van der Waals surface area (Å²) in [6.07, 6.45) is 5.21. The maximum absolute atomic E-state index is 11.6. The highest BCUT2D eigenvalue weighted by atomic mass is 35.5. The van der Waals surface area contributed by atoms with Crippen LogP contribution < -0.4 is 5.49 Å². The maximum atomic E-state index is 11.6. The van der Waals surface area contributed by atoms with Gasteiger partial charge in [0.05, 0.1) is 17.7 Å². The molecule has 0 aliphatic heterocycles. The molecular weight excluding hydrogens is 290 g/mol. The fourth-order valence-electron chi connectivity index (χ4n) is 2.30. The largest absolute Gasteiger partial charge is 0.465 e. The first-order valence-corrected chi connectivity index (χ1v) is 7.47. The molecule has 6 heteroatoms. The van der Waals surface area contributed by atoms with Crippen LogP contribution >= 0.6 is 11.6 Å². The van der Waals surface area contributed by atoms with E-state index in [9.17, 15) is 4.79 Å². The first-order valence-electron chi connectivity index (χ1n) is 7.10. The minimum atomic E-state index is -0.578. The lowest BCUT2D eigenvalue weighted by atomic mass is 9.96. The highest BCUT2D eigenvalue weighted by Gasteiger charge is 2.18. The Kier molecular flexibility index (Phi) is 6.62. The Morgan fingerprint density at radius 1 is 1.38 bits per heavy atom. The van der Waals surface area contributed by atoms with Gasteiger partial charge in [-0.05, 0) is 18.9 Å². The normalized spacial score (nSPS) is 10.7. The molecule has 0 aromatic carbocycles. The zero-order valence-electron chi connectivity index (χ0n) is 12.7. The summed E-state index contributed by atoms with van der Waals surface area (Å²) in [5.74, 6) is -0.137. The Hall–Kier alpha value is -1.62. The van der Waals surface area contributed by atoms with Crippen molar-refractivity contribution >= 4 is 23.4 Å². The number of halogens is 1. The van der Waals surface area contributed by atoms with E-state index in [0.29, 0.717) is 5.84 Å². The van der Waals surface area contributed by atoms with E-state index in [1.165, 1.54) is 23.9 Å². The van der Waals surface area contributed by atoms with Crippen molar-refractivity contribution in [1.29, 1.82) is 10.8 Å². The Balaban J connectivity index is 3.19. The Morgan fingerprint density at radius 3 is 2.43 bits per heavy atom. The minimum Gasteiger partial charge on any atom is -0.465 e. The summed E-state index contributed by atoms with van der Waals surface area (Å²) in [6.45, 7) is 4.16. The van der Waals surface area contributed by atoms with Crippen LogP contribution in [0.25, 0.3) is 0 Å². The van der Waals surface area contributed by atoms with Gasteiger partial charge in [-0.3, -0.25) is 15.4 Å². The summed E-state index contributed by atoms with van der Waals surface area (Å²) >= 11 is 6.08. The van der Waals surface area contributed by atoms with Crippen LogP contribution in [0.1, 0.15) is 49.9 Å². The number of hydrogen-bond acceptors (Lipinski definition) is 4. The molecule has 0 spiro atoms. The molecule has 116 valence electrons. The number of nitrogens with one attached hydrogen (secondary N) is 2. The molecule has 1 aromatic rings. The van der Waals surface area contributed by atoms with Gasteiger partial charge in [-0.25, -0.2) is 4.79 Å². The van der Waals surface area contributed by atoms with Crippen molar-refractivity contribution in [2.45, 2.75) is 39.5 Å². The number of aromatic nitrogens is 1. The Labute approximate surface area is 129 Å². The molecule has 0 fully saturated rings. The maximum Gasteiger partial charge on any atom is 0.339 e. The van der Waals surface area contributed by atoms with E-state index in [1.54, 1.807) is 0 Å². The second-order valence-electron chi connectivity index (χ2n) is 4.94. The highest BCUT2D eigenvalue weighted by molar-refractivity contribution is 6.33. The average Bonchev–Trinajstić information content (AvgIpc) is 2.47. The molecule has 2 N–H and O–H groups in total. The van der Waals surface area contributed by atoms with Crippen LogP contribution in [0.2, 0.25) is 5.02 Å². The summed E-state index contributed by atoms with van der Waals surface area (Å²) < 4.78 is 6.06. The summed E-state index contributed by atoms with van der Waals surface area (Å²) in [6, 6.07) is 1.34. The zero-order chi connectivity index (χ0) is 16.0. The van der Waals surface area contributed by atoms with Crippen LogP contribution in [0.15, 0.2) is 12.3 Å². The van der Waals surface area contributed by atoms with Crippen molar-refractivity contribution in [1.82, 2.24) is 4.57 Å². The smallest absolute Gasteiger partial charge is 0.339 e. The van der Waals surface area contributed by atoms with Gasteiger partial charge in [0.15, 0.2) is 0 Å². The number of rotatable bonds is 6. The van der Waals surface area contributed by atoms with Gasteiger partial charge in [-0.1, -0.05) is 38.3 Å². The van der Waals surface area contributed by atoms with Crippen LogP contribution in [-0.4, -0.2) is 23.5 Å². The first-order chi connectivity index (χ1) is 9.96. The molecule has 21 heavy (non-hydrogen) atoms. The van der Waals surface area contributed by atoms with Gasteiger partial charge >= 0.3 is 5.97 Å². The van der Waals surface area contributed by atoms with Crippen molar-refractivity contribution in [2.24, 2.45) is 5.92 Å².